The number of rotatable bonds is 9. The SMILES string of the molecule is COCCNC(=O)c1ccc(NC(=O)c2ccc(CS(=O)(=O)c3ccccc3)o2)cc1Cl. The molecule has 0 fully saturated rings. The zero-order valence-electron chi connectivity index (χ0n) is 17.1. The fraction of sp³-hybridized carbons (Fsp3) is 0.182. The number of sulfone groups is 1. The van der Waals surface area contributed by atoms with Gasteiger partial charge >= 0.3 is 0 Å². The number of ether oxygens (including phenoxy) is 1. The topological polar surface area (TPSA) is 115 Å². The summed E-state index contributed by atoms with van der Waals surface area (Å²) in [6.45, 7) is 0.709. The average molecular weight is 477 g/mol. The molecule has 3 aromatic rings. The van der Waals surface area contributed by atoms with E-state index in [1.165, 1.54) is 49.6 Å². The van der Waals surface area contributed by atoms with Crippen LogP contribution in [-0.2, 0) is 20.3 Å². The second-order valence-corrected chi connectivity index (χ2v) is 9.13. The van der Waals surface area contributed by atoms with Gasteiger partial charge in [-0.15, -0.1) is 0 Å². The molecule has 0 unspecified atom stereocenters. The lowest BCUT2D eigenvalue weighted by molar-refractivity contribution is 0.0936. The van der Waals surface area contributed by atoms with Crippen LogP contribution in [0.5, 0.6) is 0 Å². The van der Waals surface area contributed by atoms with Crippen LogP contribution in [0.4, 0.5) is 5.69 Å². The molecule has 0 saturated carbocycles. The molecule has 1 heterocycles. The van der Waals surface area contributed by atoms with Crippen LogP contribution in [0.3, 0.4) is 0 Å². The summed E-state index contributed by atoms with van der Waals surface area (Å²) in [7, 11) is -2.07. The van der Waals surface area contributed by atoms with Crippen LogP contribution in [0, 0.1) is 0 Å². The van der Waals surface area contributed by atoms with Crippen molar-refractivity contribution in [3.05, 3.63) is 82.8 Å². The van der Waals surface area contributed by atoms with Gasteiger partial charge in [-0.3, -0.25) is 9.59 Å². The molecule has 0 saturated heterocycles. The van der Waals surface area contributed by atoms with Crippen molar-refractivity contribution in [1.29, 1.82) is 0 Å². The molecule has 0 aliphatic carbocycles. The molecule has 10 heteroatoms. The second-order valence-electron chi connectivity index (χ2n) is 6.74. The molecule has 0 atom stereocenters. The van der Waals surface area contributed by atoms with E-state index in [-0.39, 0.29) is 38.7 Å². The van der Waals surface area contributed by atoms with E-state index in [1.807, 2.05) is 0 Å². The molecule has 168 valence electrons. The summed E-state index contributed by atoms with van der Waals surface area (Å²) in [6.07, 6.45) is 0. The van der Waals surface area contributed by atoms with Crippen LogP contribution in [0.15, 0.2) is 70.0 Å². The van der Waals surface area contributed by atoms with Crippen molar-refractivity contribution in [3.63, 3.8) is 0 Å². The van der Waals surface area contributed by atoms with Crippen molar-refractivity contribution in [2.45, 2.75) is 10.6 Å². The molecular formula is C22H21ClN2O6S. The van der Waals surface area contributed by atoms with E-state index in [2.05, 4.69) is 10.6 Å². The molecule has 32 heavy (non-hydrogen) atoms. The zero-order chi connectivity index (χ0) is 23.1. The Bertz CT molecular complexity index is 1210. The fourth-order valence-corrected chi connectivity index (χ4v) is 4.34. The molecule has 1 aromatic heterocycles. The minimum atomic E-state index is -3.60. The van der Waals surface area contributed by atoms with Gasteiger partial charge in [-0.1, -0.05) is 29.8 Å². The third-order valence-electron chi connectivity index (χ3n) is 4.38. The molecule has 8 nitrogen and oxygen atoms in total. The van der Waals surface area contributed by atoms with Crippen LogP contribution >= 0.6 is 11.6 Å². The van der Waals surface area contributed by atoms with Crippen molar-refractivity contribution in [3.8, 4) is 0 Å². The van der Waals surface area contributed by atoms with E-state index >= 15 is 0 Å². The van der Waals surface area contributed by atoms with Crippen molar-refractivity contribution in [2.24, 2.45) is 0 Å². The molecule has 2 amide bonds. The molecule has 0 aliphatic rings. The van der Waals surface area contributed by atoms with E-state index in [0.29, 0.717) is 18.8 Å². The first kappa shape index (κ1) is 23.5. The van der Waals surface area contributed by atoms with Gasteiger partial charge in [-0.2, -0.15) is 0 Å². The monoisotopic (exact) mass is 476 g/mol. The molecule has 2 N–H and O–H groups in total. The Balaban J connectivity index is 1.65. The van der Waals surface area contributed by atoms with Gasteiger partial charge in [-0.05, 0) is 42.5 Å². The highest BCUT2D eigenvalue weighted by molar-refractivity contribution is 7.90. The number of hydrogen-bond acceptors (Lipinski definition) is 6. The minimum absolute atomic E-state index is 0.0548. The molecule has 2 aromatic carbocycles. The number of nitrogens with one attached hydrogen (secondary N) is 2. The van der Waals surface area contributed by atoms with Crippen LogP contribution in [0.1, 0.15) is 26.7 Å². The molecular weight excluding hydrogens is 456 g/mol. The van der Waals surface area contributed by atoms with Gasteiger partial charge in [0.25, 0.3) is 11.8 Å². The van der Waals surface area contributed by atoms with Crippen molar-refractivity contribution >= 4 is 38.9 Å². The van der Waals surface area contributed by atoms with Crippen molar-refractivity contribution in [2.75, 3.05) is 25.6 Å². The van der Waals surface area contributed by atoms with Gasteiger partial charge in [0.05, 0.1) is 22.1 Å². The maximum absolute atomic E-state index is 12.5. The quantitative estimate of drug-likeness (QED) is 0.456. The smallest absolute Gasteiger partial charge is 0.291 e. The van der Waals surface area contributed by atoms with Crippen molar-refractivity contribution in [1.82, 2.24) is 5.32 Å². The molecule has 0 bridgehead atoms. The lowest BCUT2D eigenvalue weighted by Gasteiger charge is -2.09. The van der Waals surface area contributed by atoms with Crippen LogP contribution in [0.2, 0.25) is 5.02 Å². The number of furan rings is 1. The number of carbonyl (C=O) groups is 2. The number of methoxy groups -OCH3 is 1. The minimum Gasteiger partial charge on any atom is -0.455 e. The number of carbonyl (C=O) groups excluding carboxylic acids is 2. The number of halogens is 1. The lowest BCUT2D eigenvalue weighted by Crippen LogP contribution is -2.27. The number of anilines is 1. The Morgan fingerprint density at radius 3 is 2.47 bits per heavy atom. The maximum atomic E-state index is 12.5. The second kappa shape index (κ2) is 10.4. The summed E-state index contributed by atoms with van der Waals surface area (Å²) in [5.41, 5.74) is 0.607. The third kappa shape index (κ3) is 5.97. The van der Waals surface area contributed by atoms with E-state index < -0.39 is 15.7 Å². The normalized spacial score (nSPS) is 11.2. The first-order valence-electron chi connectivity index (χ1n) is 9.55. The zero-order valence-corrected chi connectivity index (χ0v) is 18.7. The van der Waals surface area contributed by atoms with Gasteiger partial charge in [-0.25, -0.2) is 8.42 Å². The molecule has 0 spiro atoms. The Labute approximate surface area is 190 Å². The van der Waals surface area contributed by atoms with Crippen LogP contribution in [0.25, 0.3) is 0 Å². The van der Waals surface area contributed by atoms with Gasteiger partial charge in [0, 0.05) is 19.3 Å². The number of benzene rings is 2. The summed E-state index contributed by atoms with van der Waals surface area (Å²) in [4.78, 5) is 24.8. The predicted molar refractivity (Wildman–Crippen MR) is 120 cm³/mol. The number of hydrogen-bond donors (Lipinski definition) is 2. The van der Waals surface area contributed by atoms with Crippen molar-refractivity contribution < 1.29 is 27.2 Å². The summed E-state index contributed by atoms with van der Waals surface area (Å²) in [5.74, 6) is -1.23. The highest BCUT2D eigenvalue weighted by Gasteiger charge is 2.19. The van der Waals surface area contributed by atoms with Crippen LogP contribution in [-0.4, -0.2) is 40.5 Å². The van der Waals surface area contributed by atoms with Gasteiger partial charge in [0.1, 0.15) is 11.5 Å². The first-order chi connectivity index (χ1) is 15.3. The highest BCUT2D eigenvalue weighted by Crippen LogP contribution is 2.23. The molecule has 0 aliphatic heterocycles. The summed E-state index contributed by atoms with van der Waals surface area (Å²) in [6, 6.07) is 15.3. The Morgan fingerprint density at radius 1 is 1.03 bits per heavy atom. The molecule has 0 radical (unpaired) electrons. The molecule has 3 rings (SSSR count). The first-order valence-corrected chi connectivity index (χ1v) is 11.6. The predicted octanol–water partition coefficient (Wildman–Crippen LogP) is 3.54. The third-order valence-corrected chi connectivity index (χ3v) is 6.35. The van der Waals surface area contributed by atoms with E-state index in [4.69, 9.17) is 20.8 Å². The Morgan fingerprint density at radius 2 is 1.78 bits per heavy atom. The maximum Gasteiger partial charge on any atom is 0.291 e. The Kier molecular flexibility index (Phi) is 7.68. The summed E-state index contributed by atoms with van der Waals surface area (Å²) < 4.78 is 35.2. The lowest BCUT2D eigenvalue weighted by atomic mass is 10.2. The summed E-state index contributed by atoms with van der Waals surface area (Å²) in [5, 5.41) is 5.43. The largest absolute Gasteiger partial charge is 0.455 e. The van der Waals surface area contributed by atoms with E-state index in [0.717, 1.165) is 0 Å². The Hall–Kier alpha value is -3.14. The van der Waals surface area contributed by atoms with E-state index in [9.17, 15) is 18.0 Å². The van der Waals surface area contributed by atoms with Gasteiger partial charge < -0.3 is 19.8 Å². The average Bonchev–Trinajstić information content (AvgIpc) is 3.22. The summed E-state index contributed by atoms with van der Waals surface area (Å²) >= 11 is 6.17. The van der Waals surface area contributed by atoms with Gasteiger partial charge in [0.15, 0.2) is 15.6 Å². The standard InChI is InChI=1S/C22H21ClN2O6S/c1-30-12-11-24-21(26)18-9-7-15(13-19(18)23)25-22(27)20-10-8-16(31-20)14-32(28,29)17-5-3-2-4-6-17/h2-10,13H,11-12,14H2,1H3,(H,24,26)(H,25,27). The van der Waals surface area contributed by atoms with Crippen LogP contribution < -0.4 is 10.6 Å². The fourth-order valence-electron chi connectivity index (χ4n) is 2.81. The van der Waals surface area contributed by atoms with Gasteiger partial charge in [0.2, 0.25) is 0 Å². The highest BCUT2D eigenvalue weighted by atomic mass is 35.5. The number of amides is 2. The van der Waals surface area contributed by atoms with E-state index in [1.54, 1.807) is 18.2 Å².